The van der Waals surface area contributed by atoms with E-state index in [2.05, 4.69) is 63.1 Å². The number of benzene rings is 8. The van der Waals surface area contributed by atoms with Crippen LogP contribution in [0.5, 0.6) is 11.5 Å². The van der Waals surface area contributed by atoms with Crippen LogP contribution in [0.15, 0.2) is 186 Å². The van der Waals surface area contributed by atoms with Gasteiger partial charge in [-0.2, -0.15) is 43.9 Å². The summed E-state index contributed by atoms with van der Waals surface area (Å²) in [5, 5.41) is 106. The maximum absolute atomic E-state index is 13.5. The molecule has 0 bridgehead atoms. The van der Waals surface area contributed by atoms with Gasteiger partial charge in [0.05, 0.1) is 74.2 Å². The topological polar surface area (TPSA) is 501 Å². The molecule has 33 nitrogen and oxygen atoms in total. The van der Waals surface area contributed by atoms with Gasteiger partial charge in [0, 0.05) is 37.8 Å². The number of phenolic OH excluding ortho intramolecular Hbond substituents is 2. The van der Waals surface area contributed by atoms with Crippen LogP contribution in [-0.2, 0) is 78.0 Å². The average Bonchev–Trinajstić information content (AvgIpc) is 2.55. The summed E-state index contributed by atoms with van der Waals surface area (Å²) in [5.41, 5.74) is -1.50. The van der Waals surface area contributed by atoms with Gasteiger partial charge >= 0.3 is 0 Å². The van der Waals surface area contributed by atoms with Gasteiger partial charge in [0.2, 0.25) is 5.69 Å². The summed E-state index contributed by atoms with van der Waals surface area (Å²) in [5.74, 6) is -1.60. The second-order valence-corrected chi connectivity index (χ2v) is 25.6. The molecule has 466 valence electrons. The molecule has 0 saturated carbocycles. The molecule has 8 aromatic rings. The molecule has 0 amide bonds. The summed E-state index contributed by atoms with van der Waals surface area (Å²) < 4.78 is 157. The molecule has 0 radical (unpaired) electrons. The van der Waals surface area contributed by atoms with Gasteiger partial charge in [0.15, 0.2) is 11.5 Å². The first-order chi connectivity index (χ1) is 42.2. The second-order valence-electron chi connectivity index (χ2n) is 17.0. The summed E-state index contributed by atoms with van der Waals surface area (Å²) in [6.07, 6.45) is 5.02. The summed E-state index contributed by atoms with van der Waals surface area (Å²) in [4.78, 5) is -2.73. The van der Waals surface area contributed by atoms with Crippen LogP contribution in [0.2, 0.25) is 0 Å². The van der Waals surface area contributed by atoms with Crippen LogP contribution in [0.25, 0.3) is 45.8 Å². The van der Waals surface area contributed by atoms with E-state index in [9.17, 15) is 67.3 Å². The van der Waals surface area contributed by atoms with Gasteiger partial charge in [0.1, 0.15) is 31.7 Å². The fourth-order valence-electron chi connectivity index (χ4n) is 7.82. The van der Waals surface area contributed by atoms with Crippen LogP contribution in [0.4, 0.5) is 34.1 Å². The average molecular weight is 1380 g/mol. The Balaban J connectivity index is 1.05. The summed E-state index contributed by atoms with van der Waals surface area (Å²) in [6.45, 7) is 0. The first-order valence-corrected chi connectivity index (χ1v) is 32.0. The minimum Gasteiger partial charge on any atom is -0.594 e. The van der Waals surface area contributed by atoms with Gasteiger partial charge in [-0.05, 0) is 112 Å². The predicted octanol–water partition coefficient (Wildman–Crippen LogP) is 13.2. The Bertz CT molecular complexity index is 4690. The molecule has 8 aromatic carbocycles. The highest BCUT2D eigenvalue weighted by Gasteiger charge is 2.25. The molecule has 0 fully saturated rings. The third kappa shape index (κ3) is 17.1. The van der Waals surface area contributed by atoms with Crippen LogP contribution in [0.3, 0.4) is 0 Å². The molecule has 0 aliphatic heterocycles. The van der Waals surface area contributed by atoms with Crippen molar-refractivity contribution in [3.05, 3.63) is 149 Å². The van der Waals surface area contributed by atoms with Crippen molar-refractivity contribution in [3.63, 3.8) is 0 Å². The quantitative estimate of drug-likeness (QED) is 0.00458. The van der Waals surface area contributed by atoms with Crippen LogP contribution in [-0.4, -0.2) is 88.0 Å². The van der Waals surface area contributed by atoms with Gasteiger partial charge in [-0.1, -0.05) is 79.6 Å². The molecule has 41 heteroatoms. The SMILES string of the molecule is O=S(=O)(O)c1ccc2c(N=Nc3ccc(/C=C/c4ccc(N=[N+]([O-])c5ccc(/C=C/c6ccc(N=Nc7c(O)c(SOOO)cc8cc(SOOO)ccc78)cc6S(=O)(=O)O)c(SOOO)c5)cc4S(=O)(=O)O)c(SOOO)c3)c(O)c(S(=O)(=O)O)cc2c1. The van der Waals surface area contributed by atoms with Crippen molar-refractivity contribution in [2.75, 3.05) is 0 Å². The third-order valence-corrected chi connectivity index (χ3v) is 17.7. The van der Waals surface area contributed by atoms with E-state index < -0.39 is 77.2 Å². The fraction of sp³-hybridized carbons (Fsp3) is 0. The van der Waals surface area contributed by atoms with Crippen molar-refractivity contribution in [3.8, 4) is 11.5 Å². The van der Waals surface area contributed by atoms with Crippen LogP contribution in [0.1, 0.15) is 22.3 Å². The Morgan fingerprint density at radius 1 is 0.416 bits per heavy atom. The number of nitrogens with zero attached hydrogens (tertiary/aromatic N) is 6. The van der Waals surface area contributed by atoms with E-state index in [1.165, 1.54) is 97.1 Å². The Hall–Kier alpha value is -7.48. The number of hydrogen-bond donors (Lipinski definition) is 10. The molecule has 0 spiro atoms. The van der Waals surface area contributed by atoms with Gasteiger partial charge in [0.25, 0.3) is 40.5 Å². The Kier molecular flexibility index (Phi) is 22.0. The van der Waals surface area contributed by atoms with Crippen LogP contribution in [0, 0.1) is 5.21 Å². The monoisotopic (exact) mass is 1380 g/mol. The highest BCUT2D eigenvalue weighted by Crippen LogP contribution is 2.46. The number of aromatic hydroxyl groups is 2. The Labute approximate surface area is 515 Å². The lowest BCUT2D eigenvalue weighted by molar-refractivity contribution is -0.435. The summed E-state index contributed by atoms with van der Waals surface area (Å²) in [7, 11) is -20.0. The summed E-state index contributed by atoms with van der Waals surface area (Å²) >= 11 is 1.74. The number of rotatable bonds is 26. The Morgan fingerprint density at radius 2 is 0.865 bits per heavy atom. The zero-order valence-corrected chi connectivity index (χ0v) is 49.8. The van der Waals surface area contributed by atoms with Crippen molar-refractivity contribution < 1.29 is 125 Å². The van der Waals surface area contributed by atoms with Crippen molar-refractivity contribution in [1.82, 2.24) is 0 Å². The van der Waals surface area contributed by atoms with E-state index >= 15 is 0 Å². The zero-order chi connectivity index (χ0) is 64.4. The van der Waals surface area contributed by atoms with Crippen molar-refractivity contribution >= 4 is 169 Å². The first-order valence-electron chi connectivity index (χ1n) is 23.2. The molecule has 0 saturated heterocycles. The van der Waals surface area contributed by atoms with Crippen molar-refractivity contribution in [1.29, 1.82) is 0 Å². The molecule has 0 aromatic heterocycles. The maximum Gasteiger partial charge on any atom is 0.298 e. The highest BCUT2D eigenvalue weighted by atomic mass is 32.2. The normalized spacial score (nSPS) is 13.0. The minimum atomic E-state index is -5.15. The number of phenols is 2. The van der Waals surface area contributed by atoms with E-state index in [1.807, 2.05) is 0 Å². The number of fused-ring (bicyclic) bond motifs is 2. The summed E-state index contributed by atoms with van der Waals surface area (Å²) in [6, 6.07) is 23.7. The van der Waals surface area contributed by atoms with Gasteiger partial charge in [-0.15, -0.1) is 27.6 Å². The molecule has 0 heterocycles. The van der Waals surface area contributed by atoms with Gasteiger partial charge in [-0.3, -0.25) is 18.2 Å². The van der Waals surface area contributed by atoms with E-state index in [0.717, 1.165) is 48.5 Å². The first kappa shape index (κ1) is 67.5. The molecular weight excluding hydrogens is 1350 g/mol. The molecule has 8 rings (SSSR count). The molecule has 89 heavy (non-hydrogen) atoms. The lowest BCUT2D eigenvalue weighted by Crippen LogP contribution is -2.01. The smallest absolute Gasteiger partial charge is 0.298 e. The fourth-order valence-corrected chi connectivity index (χ4v) is 12.2. The molecule has 0 aliphatic rings. The molecular formula is C48H34N6O27S8. The minimum absolute atomic E-state index is 0.00671. The second kappa shape index (κ2) is 29.0. The van der Waals surface area contributed by atoms with E-state index in [-0.39, 0.29) is 86.4 Å². The maximum atomic E-state index is 13.5. The van der Waals surface area contributed by atoms with Gasteiger partial charge in [-0.25, -0.2) is 21.0 Å². The molecule has 0 unspecified atom stereocenters. The lowest BCUT2D eigenvalue weighted by atomic mass is 10.1. The largest absolute Gasteiger partial charge is 0.594 e. The third-order valence-electron chi connectivity index (χ3n) is 11.6. The van der Waals surface area contributed by atoms with Crippen molar-refractivity contribution in [2.45, 2.75) is 39.2 Å². The lowest BCUT2D eigenvalue weighted by Gasteiger charge is -2.10. The van der Waals surface area contributed by atoms with E-state index in [4.69, 9.17) is 21.0 Å². The number of azo groups is 3. The number of hydrogen-bond acceptors (Lipinski definition) is 32. The zero-order valence-electron chi connectivity index (χ0n) is 43.2. The highest BCUT2D eigenvalue weighted by molar-refractivity contribution is 7.95. The molecule has 10 N–H and O–H groups in total. The predicted molar refractivity (Wildman–Crippen MR) is 310 cm³/mol. The van der Waals surface area contributed by atoms with Crippen LogP contribution < -0.4 is 0 Å². The van der Waals surface area contributed by atoms with E-state index in [0.29, 0.717) is 58.5 Å². The van der Waals surface area contributed by atoms with E-state index in [1.54, 1.807) is 0 Å². The van der Waals surface area contributed by atoms with Crippen LogP contribution >= 0.6 is 48.2 Å². The standard InChI is InChI=1S/C48H34N6O27S8/c55-47-41(85-81-77-61)19-29-17-35(82-78-74-58)13-15-37(29)45(47)51-50-32-10-6-27(42(22-32)87(65,66)67)4-2-26-8-12-34(24-40(26)84-80-76-60)54(57)53-33-11-7-28(43(23-33)88(68,69)70)3-1-25-5-9-31(21-39(25)83-79-75-59)49-52-46-38-16-14-36(86(62,63)64)18-30(38)20-44(48(46)56)89(71,72)73/h1-24,55-56,58-61H,(H,62,63,64)(H,65,66,67)(H,68,69,70)(H,71,72,73)/b3-1+,4-2+,51-50?,52-49?,54-53?. The van der Waals surface area contributed by atoms with Gasteiger partial charge < -0.3 is 15.4 Å². The Morgan fingerprint density at radius 3 is 1.42 bits per heavy atom. The van der Waals surface area contributed by atoms with Crippen molar-refractivity contribution in [2.24, 2.45) is 25.6 Å². The molecule has 0 atom stereocenters. The molecule has 0 aliphatic carbocycles.